The average molecular weight is 421 g/mol. The molecule has 0 radical (unpaired) electrons. The van der Waals surface area contributed by atoms with Crippen molar-refractivity contribution in [2.45, 2.75) is 11.3 Å². The number of halogens is 1. The molecule has 0 saturated carbocycles. The van der Waals surface area contributed by atoms with Gasteiger partial charge < -0.3 is 10.2 Å². The van der Waals surface area contributed by atoms with Crippen molar-refractivity contribution in [3.63, 3.8) is 0 Å². The largest absolute Gasteiger partial charge is 0.371 e. The molecule has 1 heterocycles. The number of carbonyl (C=O) groups is 1. The summed E-state index contributed by atoms with van der Waals surface area (Å²) in [4.78, 5) is 19.3. The van der Waals surface area contributed by atoms with Crippen LogP contribution in [-0.4, -0.2) is 52.6 Å². The number of hydroxylamine groups is 1. The first-order valence-corrected chi connectivity index (χ1v) is 10.7. The van der Waals surface area contributed by atoms with Crippen molar-refractivity contribution < 1.29 is 22.4 Å². The Balaban J connectivity index is 1.54. The maximum Gasteiger partial charge on any atom is 0.264 e. The Kier molecular flexibility index (Phi) is 6.51. The molecule has 1 atom stereocenters. The zero-order valence-corrected chi connectivity index (χ0v) is 17.2. The molecule has 3 rings (SSSR count). The molecule has 0 aromatic heterocycles. The molecule has 2 aromatic rings. The van der Waals surface area contributed by atoms with Gasteiger partial charge in [-0.3, -0.25) is 9.63 Å². The molecule has 156 valence electrons. The number of amides is 1. The molecule has 1 fully saturated rings. The molecule has 0 spiro atoms. The number of nitrogens with one attached hydrogen (secondary N) is 1. The third kappa shape index (κ3) is 4.92. The van der Waals surface area contributed by atoms with Crippen LogP contribution in [0.5, 0.6) is 0 Å². The Morgan fingerprint density at radius 1 is 1.21 bits per heavy atom. The van der Waals surface area contributed by atoms with Crippen molar-refractivity contribution >= 4 is 21.6 Å². The first-order valence-electron chi connectivity index (χ1n) is 9.23. The first-order chi connectivity index (χ1) is 13.8. The second kappa shape index (κ2) is 8.89. The lowest BCUT2D eigenvalue weighted by Gasteiger charge is -2.19. The van der Waals surface area contributed by atoms with Gasteiger partial charge in [0.15, 0.2) is 0 Å². The minimum atomic E-state index is -3.74. The van der Waals surface area contributed by atoms with Crippen molar-refractivity contribution in [1.82, 2.24) is 9.79 Å². The van der Waals surface area contributed by atoms with E-state index in [1.54, 1.807) is 12.1 Å². The van der Waals surface area contributed by atoms with E-state index in [0.29, 0.717) is 18.0 Å². The number of hydrogen-bond donors (Lipinski definition) is 1. The van der Waals surface area contributed by atoms with Gasteiger partial charge in [0, 0.05) is 37.9 Å². The normalized spacial score (nSPS) is 17.0. The van der Waals surface area contributed by atoms with Gasteiger partial charge in [0.1, 0.15) is 5.82 Å². The van der Waals surface area contributed by atoms with Gasteiger partial charge in [-0.2, -0.15) is 0 Å². The monoisotopic (exact) mass is 421 g/mol. The number of sulfonamides is 1. The third-order valence-electron chi connectivity index (χ3n) is 5.04. The van der Waals surface area contributed by atoms with Crippen LogP contribution >= 0.6 is 0 Å². The van der Waals surface area contributed by atoms with E-state index >= 15 is 0 Å². The lowest BCUT2D eigenvalue weighted by molar-refractivity contribution is -0.0258. The molecular weight excluding hydrogens is 397 g/mol. The highest BCUT2D eigenvalue weighted by Crippen LogP contribution is 2.23. The fourth-order valence-electron chi connectivity index (χ4n) is 3.25. The van der Waals surface area contributed by atoms with Gasteiger partial charge in [-0.25, -0.2) is 12.8 Å². The smallest absolute Gasteiger partial charge is 0.264 e. The van der Waals surface area contributed by atoms with E-state index in [4.69, 9.17) is 4.84 Å². The van der Waals surface area contributed by atoms with Crippen LogP contribution in [0.2, 0.25) is 0 Å². The van der Waals surface area contributed by atoms with Gasteiger partial charge >= 0.3 is 0 Å². The summed E-state index contributed by atoms with van der Waals surface area (Å²) >= 11 is 0. The van der Waals surface area contributed by atoms with Gasteiger partial charge in [-0.15, -0.1) is 0 Å². The van der Waals surface area contributed by atoms with Crippen molar-refractivity contribution in [3.05, 3.63) is 59.9 Å². The Morgan fingerprint density at radius 3 is 2.48 bits per heavy atom. The van der Waals surface area contributed by atoms with Crippen LogP contribution in [0.4, 0.5) is 10.1 Å². The highest BCUT2D eigenvalue weighted by Gasteiger charge is 2.24. The van der Waals surface area contributed by atoms with Gasteiger partial charge in [0.25, 0.3) is 15.9 Å². The van der Waals surface area contributed by atoms with Crippen molar-refractivity contribution in [1.29, 1.82) is 0 Å². The van der Waals surface area contributed by atoms with Crippen LogP contribution in [0.15, 0.2) is 53.4 Å². The summed E-state index contributed by atoms with van der Waals surface area (Å²) in [7, 11) is -1.18. The number of hydrogen-bond acceptors (Lipinski definition) is 5. The van der Waals surface area contributed by atoms with E-state index in [2.05, 4.69) is 10.2 Å². The molecule has 1 amide bonds. The first kappa shape index (κ1) is 21.2. The van der Waals surface area contributed by atoms with Crippen molar-refractivity contribution in [2.75, 3.05) is 38.7 Å². The minimum absolute atomic E-state index is 0.0455. The Labute approximate surface area is 170 Å². The van der Waals surface area contributed by atoms with Gasteiger partial charge in [0.2, 0.25) is 0 Å². The van der Waals surface area contributed by atoms with Gasteiger partial charge in [-0.05, 0) is 60.9 Å². The Bertz CT molecular complexity index is 949. The fraction of sp³-hybridized carbons (Fsp3) is 0.350. The van der Waals surface area contributed by atoms with Crippen LogP contribution in [0.25, 0.3) is 0 Å². The topological polar surface area (TPSA) is 78.9 Å². The van der Waals surface area contributed by atoms with Crippen LogP contribution in [-0.2, 0) is 14.9 Å². The Morgan fingerprint density at radius 2 is 1.86 bits per heavy atom. The SMILES string of the molecule is CON(C)S(=O)(=O)c1ccc(C(=O)NC[C@@H]2CCN(c3ccc(F)cc3)C2)cc1. The van der Waals surface area contributed by atoms with Crippen LogP contribution in [0.1, 0.15) is 16.8 Å². The summed E-state index contributed by atoms with van der Waals surface area (Å²) < 4.78 is 38.2. The van der Waals surface area contributed by atoms with Crippen LogP contribution in [0, 0.1) is 11.7 Å². The molecular formula is C20H24FN3O4S. The maximum atomic E-state index is 13.1. The zero-order valence-electron chi connectivity index (χ0n) is 16.3. The van der Waals surface area contributed by atoms with Crippen molar-refractivity contribution in [2.24, 2.45) is 5.92 Å². The number of rotatable bonds is 7. The number of carbonyl (C=O) groups excluding carboxylic acids is 1. The van der Waals surface area contributed by atoms with E-state index in [9.17, 15) is 17.6 Å². The summed E-state index contributed by atoms with van der Waals surface area (Å²) in [6.07, 6.45) is 0.929. The molecule has 9 heteroatoms. The predicted octanol–water partition coefficient (Wildman–Crippen LogP) is 2.26. The van der Waals surface area contributed by atoms with E-state index in [1.807, 2.05) is 0 Å². The molecule has 0 bridgehead atoms. The number of benzene rings is 2. The second-order valence-electron chi connectivity index (χ2n) is 6.91. The third-order valence-corrected chi connectivity index (χ3v) is 6.73. The van der Waals surface area contributed by atoms with E-state index in [-0.39, 0.29) is 16.6 Å². The molecule has 0 unspecified atom stereocenters. The summed E-state index contributed by atoms with van der Waals surface area (Å²) in [5, 5.41) is 2.90. The van der Waals surface area contributed by atoms with Gasteiger partial charge in [0.05, 0.1) is 12.0 Å². The van der Waals surface area contributed by atoms with Crippen molar-refractivity contribution in [3.8, 4) is 0 Å². The lowest BCUT2D eigenvalue weighted by Crippen LogP contribution is -2.31. The predicted molar refractivity (Wildman–Crippen MR) is 107 cm³/mol. The zero-order chi connectivity index (χ0) is 21.0. The quantitative estimate of drug-likeness (QED) is 0.694. The molecule has 1 aliphatic heterocycles. The lowest BCUT2D eigenvalue weighted by atomic mass is 10.1. The number of anilines is 1. The summed E-state index contributed by atoms with van der Waals surface area (Å²) in [6, 6.07) is 12.1. The molecule has 2 aromatic carbocycles. The molecule has 29 heavy (non-hydrogen) atoms. The second-order valence-corrected chi connectivity index (χ2v) is 8.84. The number of nitrogens with zero attached hydrogens (tertiary/aromatic N) is 2. The molecule has 1 N–H and O–H groups in total. The standard InChI is InChI=1S/C20H24FN3O4S/c1-23(28-2)29(26,27)19-9-3-16(4-10-19)20(25)22-13-15-11-12-24(14-15)18-7-5-17(21)6-8-18/h3-10,15H,11-14H2,1-2H3,(H,22,25)/t15-/m0/s1. The van der Waals surface area contributed by atoms with Crippen LogP contribution < -0.4 is 10.2 Å². The maximum absolute atomic E-state index is 13.1. The molecule has 1 aliphatic rings. The molecule has 0 aliphatic carbocycles. The molecule has 7 nitrogen and oxygen atoms in total. The molecule has 1 saturated heterocycles. The minimum Gasteiger partial charge on any atom is -0.371 e. The van der Waals surface area contributed by atoms with Gasteiger partial charge in [-0.1, -0.05) is 4.47 Å². The highest BCUT2D eigenvalue weighted by atomic mass is 32.2. The van der Waals surface area contributed by atoms with E-state index in [0.717, 1.165) is 29.7 Å². The summed E-state index contributed by atoms with van der Waals surface area (Å²) in [6.45, 7) is 2.15. The van der Waals surface area contributed by atoms with Crippen LogP contribution in [0.3, 0.4) is 0 Å². The fourth-order valence-corrected chi connectivity index (χ4v) is 4.22. The highest BCUT2D eigenvalue weighted by molar-refractivity contribution is 7.89. The van der Waals surface area contributed by atoms with E-state index < -0.39 is 10.0 Å². The average Bonchev–Trinajstić information content (AvgIpc) is 3.21. The van der Waals surface area contributed by atoms with E-state index in [1.165, 1.54) is 50.6 Å². The Hall–Kier alpha value is -2.49. The summed E-state index contributed by atoms with van der Waals surface area (Å²) in [5.41, 5.74) is 1.36. The summed E-state index contributed by atoms with van der Waals surface area (Å²) in [5.74, 6) is -0.224.